The fraction of sp³-hybridized carbons (Fsp3) is 0.462. The molecule has 0 radical (unpaired) electrons. The molecule has 2 amide bonds. The fourth-order valence-corrected chi connectivity index (χ4v) is 1.64. The summed E-state index contributed by atoms with van der Waals surface area (Å²) in [7, 11) is 0. The van der Waals surface area contributed by atoms with Crippen molar-refractivity contribution in [2.45, 2.75) is 39.3 Å². The molecule has 0 aliphatic carbocycles. The summed E-state index contributed by atoms with van der Waals surface area (Å²) < 4.78 is 0. The number of hydrogen-bond acceptors (Lipinski definition) is 2. The Kier molecular flexibility index (Phi) is 4.97. The summed E-state index contributed by atoms with van der Waals surface area (Å²) in [5, 5.41) is 5.63. The van der Waals surface area contributed by atoms with E-state index in [2.05, 4.69) is 10.6 Å². The summed E-state index contributed by atoms with van der Waals surface area (Å²) in [6.45, 7) is 5.88. The molecule has 0 spiro atoms. The third-order valence-electron chi connectivity index (χ3n) is 2.41. The van der Waals surface area contributed by atoms with Gasteiger partial charge in [-0.3, -0.25) is 0 Å². The topological polar surface area (TPSA) is 67.2 Å². The first-order valence-corrected chi connectivity index (χ1v) is 5.87. The number of anilines is 1. The van der Waals surface area contributed by atoms with Crippen LogP contribution < -0.4 is 16.4 Å². The van der Waals surface area contributed by atoms with Crippen LogP contribution in [0.25, 0.3) is 0 Å². The van der Waals surface area contributed by atoms with E-state index in [1.165, 1.54) is 5.56 Å². The summed E-state index contributed by atoms with van der Waals surface area (Å²) in [6.07, 6.45) is 0.765. The molecule has 0 aliphatic rings. The number of nitrogens with one attached hydrogen (secondary N) is 2. The monoisotopic (exact) mass is 235 g/mol. The van der Waals surface area contributed by atoms with Gasteiger partial charge >= 0.3 is 6.03 Å². The molecule has 0 aliphatic heterocycles. The highest BCUT2D eigenvalue weighted by atomic mass is 16.2. The number of carbonyl (C=O) groups is 1. The first kappa shape index (κ1) is 13.5. The lowest BCUT2D eigenvalue weighted by molar-refractivity contribution is 0.248. The van der Waals surface area contributed by atoms with Crippen molar-refractivity contribution in [1.82, 2.24) is 5.32 Å². The number of nitrogens with two attached hydrogens (primary N) is 1. The zero-order valence-electron chi connectivity index (χ0n) is 10.7. The van der Waals surface area contributed by atoms with E-state index in [1.54, 1.807) is 0 Å². The van der Waals surface area contributed by atoms with Crippen LogP contribution >= 0.6 is 0 Å². The molecule has 17 heavy (non-hydrogen) atoms. The van der Waals surface area contributed by atoms with Gasteiger partial charge in [-0.25, -0.2) is 4.79 Å². The number of aryl methyl sites for hydroxylation is 1. The molecule has 2 atom stereocenters. The van der Waals surface area contributed by atoms with E-state index in [0.717, 1.165) is 12.1 Å². The minimum absolute atomic E-state index is 0.0699. The molecule has 4 nitrogen and oxygen atoms in total. The van der Waals surface area contributed by atoms with E-state index in [1.807, 2.05) is 45.0 Å². The Morgan fingerprint density at radius 3 is 2.41 bits per heavy atom. The van der Waals surface area contributed by atoms with Gasteiger partial charge in [-0.1, -0.05) is 17.7 Å². The lowest BCUT2D eigenvalue weighted by Crippen LogP contribution is -2.39. The summed E-state index contributed by atoms with van der Waals surface area (Å²) in [5.41, 5.74) is 7.63. The minimum Gasteiger partial charge on any atom is -0.335 e. The van der Waals surface area contributed by atoms with E-state index in [0.29, 0.717) is 0 Å². The maximum Gasteiger partial charge on any atom is 0.319 e. The van der Waals surface area contributed by atoms with Crippen LogP contribution in [0.2, 0.25) is 0 Å². The van der Waals surface area contributed by atoms with E-state index < -0.39 is 0 Å². The summed E-state index contributed by atoms with van der Waals surface area (Å²) >= 11 is 0. The summed E-state index contributed by atoms with van der Waals surface area (Å²) in [6, 6.07) is 7.64. The van der Waals surface area contributed by atoms with Gasteiger partial charge in [0, 0.05) is 17.8 Å². The molecule has 0 bridgehead atoms. The first-order chi connectivity index (χ1) is 7.97. The van der Waals surface area contributed by atoms with E-state index in [9.17, 15) is 4.79 Å². The van der Waals surface area contributed by atoms with Crippen LogP contribution in [0.5, 0.6) is 0 Å². The Morgan fingerprint density at radius 1 is 1.29 bits per heavy atom. The van der Waals surface area contributed by atoms with Crippen molar-refractivity contribution in [3.8, 4) is 0 Å². The first-order valence-electron chi connectivity index (χ1n) is 5.87. The van der Waals surface area contributed by atoms with Crippen LogP contribution in [0.3, 0.4) is 0 Å². The number of hydrogen-bond donors (Lipinski definition) is 3. The van der Waals surface area contributed by atoms with Gasteiger partial charge in [0.1, 0.15) is 0 Å². The Morgan fingerprint density at radius 2 is 1.88 bits per heavy atom. The summed E-state index contributed by atoms with van der Waals surface area (Å²) in [5.74, 6) is 0. The lowest BCUT2D eigenvalue weighted by atomic mass is 10.1. The lowest BCUT2D eigenvalue weighted by Gasteiger charge is -2.16. The Hall–Kier alpha value is -1.55. The average molecular weight is 235 g/mol. The van der Waals surface area contributed by atoms with Crippen LogP contribution in [0, 0.1) is 6.92 Å². The molecule has 0 heterocycles. The van der Waals surface area contributed by atoms with Crippen LogP contribution in [0.1, 0.15) is 25.8 Å². The SMILES string of the molecule is Cc1ccc(NC(=O)NC(C)CC(C)N)cc1. The smallest absolute Gasteiger partial charge is 0.319 e. The highest BCUT2D eigenvalue weighted by molar-refractivity contribution is 5.89. The third-order valence-corrected chi connectivity index (χ3v) is 2.41. The molecule has 0 aromatic heterocycles. The van der Waals surface area contributed by atoms with Gasteiger partial charge in [0.2, 0.25) is 0 Å². The second kappa shape index (κ2) is 6.25. The van der Waals surface area contributed by atoms with Gasteiger partial charge in [-0.15, -0.1) is 0 Å². The predicted molar refractivity (Wildman–Crippen MR) is 71.1 cm³/mol. The molecule has 4 N–H and O–H groups in total. The third kappa shape index (κ3) is 5.36. The van der Waals surface area contributed by atoms with Gasteiger partial charge in [-0.05, 0) is 39.3 Å². The number of urea groups is 1. The fourth-order valence-electron chi connectivity index (χ4n) is 1.64. The number of carbonyl (C=O) groups excluding carboxylic acids is 1. The van der Waals surface area contributed by atoms with Crippen LogP contribution in [-0.4, -0.2) is 18.1 Å². The molecule has 0 saturated heterocycles. The van der Waals surface area contributed by atoms with Gasteiger partial charge < -0.3 is 16.4 Å². The summed E-state index contributed by atoms with van der Waals surface area (Å²) in [4.78, 5) is 11.6. The Labute approximate surface area is 103 Å². The van der Waals surface area contributed by atoms with Crippen LogP contribution in [0.15, 0.2) is 24.3 Å². The quantitative estimate of drug-likeness (QED) is 0.749. The molecule has 1 aromatic rings. The number of benzene rings is 1. The average Bonchev–Trinajstić information content (AvgIpc) is 2.19. The standard InChI is InChI=1S/C13H21N3O/c1-9-4-6-12(7-5-9)16-13(17)15-11(3)8-10(2)14/h4-7,10-11H,8,14H2,1-3H3,(H2,15,16,17). The van der Waals surface area contributed by atoms with Crippen molar-refractivity contribution < 1.29 is 4.79 Å². The van der Waals surface area contributed by atoms with E-state index in [4.69, 9.17) is 5.73 Å². The van der Waals surface area contributed by atoms with Crippen molar-refractivity contribution in [1.29, 1.82) is 0 Å². The maximum absolute atomic E-state index is 11.6. The van der Waals surface area contributed by atoms with E-state index in [-0.39, 0.29) is 18.1 Å². The number of rotatable bonds is 4. The van der Waals surface area contributed by atoms with Crippen molar-refractivity contribution in [2.75, 3.05) is 5.32 Å². The normalized spacial score (nSPS) is 13.9. The van der Waals surface area contributed by atoms with Crippen molar-refractivity contribution in [2.24, 2.45) is 5.73 Å². The Balaban J connectivity index is 2.41. The van der Waals surface area contributed by atoms with Gasteiger partial charge in [0.25, 0.3) is 0 Å². The molecule has 0 fully saturated rings. The maximum atomic E-state index is 11.6. The molecular formula is C13H21N3O. The van der Waals surface area contributed by atoms with E-state index >= 15 is 0 Å². The molecule has 4 heteroatoms. The molecule has 0 saturated carbocycles. The van der Waals surface area contributed by atoms with Crippen LogP contribution in [-0.2, 0) is 0 Å². The van der Waals surface area contributed by atoms with Crippen molar-refractivity contribution in [3.63, 3.8) is 0 Å². The molecule has 1 rings (SSSR count). The number of amides is 2. The molecule has 94 valence electrons. The highest BCUT2D eigenvalue weighted by Crippen LogP contribution is 2.08. The molecule has 2 unspecified atom stereocenters. The molecule has 1 aromatic carbocycles. The van der Waals surface area contributed by atoms with Crippen molar-refractivity contribution >= 4 is 11.7 Å². The van der Waals surface area contributed by atoms with Gasteiger partial charge in [0.15, 0.2) is 0 Å². The highest BCUT2D eigenvalue weighted by Gasteiger charge is 2.08. The Bertz CT molecular complexity index is 359. The second-order valence-electron chi connectivity index (χ2n) is 4.58. The van der Waals surface area contributed by atoms with Gasteiger partial charge in [0.05, 0.1) is 0 Å². The zero-order chi connectivity index (χ0) is 12.8. The minimum atomic E-state index is -0.193. The molecular weight excluding hydrogens is 214 g/mol. The second-order valence-corrected chi connectivity index (χ2v) is 4.58. The zero-order valence-corrected chi connectivity index (χ0v) is 10.7. The van der Waals surface area contributed by atoms with Crippen LogP contribution in [0.4, 0.5) is 10.5 Å². The van der Waals surface area contributed by atoms with Gasteiger partial charge in [-0.2, -0.15) is 0 Å². The predicted octanol–water partition coefficient (Wildman–Crippen LogP) is 2.24. The van der Waals surface area contributed by atoms with Crippen molar-refractivity contribution in [3.05, 3.63) is 29.8 Å². The largest absolute Gasteiger partial charge is 0.335 e.